The standard InChI is InChI=1S/C25H49NO2/c1-5-9-10-11-12-13-14-15-16-17-18-19-20-21-22-24(28-25(27)6-2)23-26(7-3)8-4/h6,24H,2,5,7-23H2,1,3-4H3. The van der Waals surface area contributed by atoms with Gasteiger partial charge < -0.3 is 9.64 Å². The summed E-state index contributed by atoms with van der Waals surface area (Å²) < 4.78 is 5.55. The van der Waals surface area contributed by atoms with Crippen molar-refractivity contribution < 1.29 is 9.53 Å². The first kappa shape index (κ1) is 27.2. The molecule has 0 aliphatic heterocycles. The Morgan fingerprint density at radius 2 is 1.21 bits per heavy atom. The zero-order valence-electron chi connectivity index (χ0n) is 19.4. The Morgan fingerprint density at radius 1 is 0.786 bits per heavy atom. The highest BCUT2D eigenvalue weighted by Crippen LogP contribution is 2.15. The molecule has 0 fully saturated rings. The third-order valence-electron chi connectivity index (χ3n) is 5.69. The van der Waals surface area contributed by atoms with Crippen molar-refractivity contribution in [1.29, 1.82) is 0 Å². The molecule has 0 aliphatic carbocycles. The Morgan fingerprint density at radius 3 is 1.61 bits per heavy atom. The summed E-state index contributed by atoms with van der Waals surface area (Å²) in [6, 6.07) is 0. The molecule has 166 valence electrons. The summed E-state index contributed by atoms with van der Waals surface area (Å²) >= 11 is 0. The minimum atomic E-state index is -0.289. The van der Waals surface area contributed by atoms with Gasteiger partial charge in [-0.1, -0.05) is 111 Å². The summed E-state index contributed by atoms with van der Waals surface area (Å²) in [6.45, 7) is 12.9. The number of carbonyl (C=O) groups is 1. The number of rotatable bonds is 21. The van der Waals surface area contributed by atoms with Crippen LogP contribution in [0, 0.1) is 0 Å². The van der Waals surface area contributed by atoms with Gasteiger partial charge in [0, 0.05) is 12.6 Å². The SMILES string of the molecule is C=CC(=O)OC(CCCCCCCCCCCCCCCC)CN(CC)CC. The molecule has 3 nitrogen and oxygen atoms in total. The molecule has 1 unspecified atom stereocenters. The highest BCUT2D eigenvalue weighted by Gasteiger charge is 2.15. The zero-order valence-corrected chi connectivity index (χ0v) is 19.4. The van der Waals surface area contributed by atoms with Crippen molar-refractivity contribution in [2.24, 2.45) is 0 Å². The van der Waals surface area contributed by atoms with Gasteiger partial charge in [-0.25, -0.2) is 4.79 Å². The van der Waals surface area contributed by atoms with Crippen LogP contribution in [-0.4, -0.2) is 36.6 Å². The molecular formula is C25H49NO2. The molecule has 0 spiro atoms. The van der Waals surface area contributed by atoms with Gasteiger partial charge >= 0.3 is 5.97 Å². The molecule has 0 aromatic heterocycles. The normalized spacial score (nSPS) is 12.3. The fourth-order valence-electron chi connectivity index (χ4n) is 3.74. The van der Waals surface area contributed by atoms with Gasteiger partial charge in [-0.3, -0.25) is 0 Å². The van der Waals surface area contributed by atoms with Crippen molar-refractivity contribution in [3.05, 3.63) is 12.7 Å². The lowest BCUT2D eigenvalue weighted by Gasteiger charge is -2.25. The van der Waals surface area contributed by atoms with Crippen molar-refractivity contribution in [2.45, 2.75) is 123 Å². The van der Waals surface area contributed by atoms with E-state index in [-0.39, 0.29) is 12.1 Å². The first-order valence-corrected chi connectivity index (χ1v) is 12.2. The van der Waals surface area contributed by atoms with Crippen molar-refractivity contribution in [1.82, 2.24) is 4.90 Å². The maximum atomic E-state index is 11.6. The number of carbonyl (C=O) groups excluding carboxylic acids is 1. The van der Waals surface area contributed by atoms with Crippen LogP contribution >= 0.6 is 0 Å². The van der Waals surface area contributed by atoms with E-state index in [9.17, 15) is 4.79 Å². The summed E-state index contributed by atoms with van der Waals surface area (Å²) in [6.07, 6.45) is 21.4. The van der Waals surface area contributed by atoms with Crippen LogP contribution in [0.1, 0.15) is 117 Å². The van der Waals surface area contributed by atoms with Crippen LogP contribution in [0.2, 0.25) is 0 Å². The van der Waals surface area contributed by atoms with E-state index in [0.717, 1.165) is 32.5 Å². The lowest BCUT2D eigenvalue weighted by atomic mass is 10.0. The largest absolute Gasteiger partial charge is 0.458 e. The molecule has 0 saturated carbocycles. The van der Waals surface area contributed by atoms with Gasteiger partial charge in [-0.05, 0) is 25.9 Å². The Labute approximate surface area is 176 Å². The van der Waals surface area contributed by atoms with Crippen LogP contribution in [-0.2, 0) is 9.53 Å². The van der Waals surface area contributed by atoms with Crippen molar-refractivity contribution in [2.75, 3.05) is 19.6 Å². The smallest absolute Gasteiger partial charge is 0.330 e. The molecule has 0 N–H and O–H groups in total. The Hall–Kier alpha value is -0.830. The first-order valence-electron chi connectivity index (χ1n) is 12.2. The maximum absolute atomic E-state index is 11.6. The number of esters is 1. The number of unbranched alkanes of at least 4 members (excludes halogenated alkanes) is 13. The zero-order chi connectivity index (χ0) is 20.9. The molecule has 0 aliphatic rings. The number of nitrogens with zero attached hydrogens (tertiary/aromatic N) is 1. The van der Waals surface area contributed by atoms with E-state index >= 15 is 0 Å². The fourth-order valence-corrected chi connectivity index (χ4v) is 3.74. The average molecular weight is 396 g/mol. The van der Waals surface area contributed by atoms with Crippen molar-refractivity contribution in [3.63, 3.8) is 0 Å². The molecule has 0 rings (SSSR count). The highest BCUT2D eigenvalue weighted by molar-refractivity contribution is 5.81. The van der Waals surface area contributed by atoms with Gasteiger partial charge in [0.15, 0.2) is 0 Å². The van der Waals surface area contributed by atoms with Crippen LogP contribution in [0.25, 0.3) is 0 Å². The van der Waals surface area contributed by atoms with Gasteiger partial charge in [-0.15, -0.1) is 0 Å². The quantitative estimate of drug-likeness (QED) is 0.116. The van der Waals surface area contributed by atoms with Crippen LogP contribution in [0.4, 0.5) is 0 Å². The molecular weight excluding hydrogens is 346 g/mol. The summed E-state index contributed by atoms with van der Waals surface area (Å²) in [4.78, 5) is 13.9. The minimum absolute atomic E-state index is 0.00252. The molecule has 0 saturated heterocycles. The van der Waals surface area contributed by atoms with Gasteiger partial charge in [0.25, 0.3) is 0 Å². The van der Waals surface area contributed by atoms with E-state index in [1.165, 1.54) is 89.5 Å². The predicted octanol–water partition coefficient (Wildman–Crippen LogP) is 7.30. The molecule has 0 heterocycles. The number of hydrogen-bond donors (Lipinski definition) is 0. The average Bonchev–Trinajstić information content (AvgIpc) is 2.71. The second-order valence-corrected chi connectivity index (χ2v) is 8.13. The van der Waals surface area contributed by atoms with Gasteiger partial charge in [0.1, 0.15) is 6.10 Å². The molecule has 1 atom stereocenters. The molecule has 0 radical (unpaired) electrons. The molecule has 0 aromatic rings. The lowest BCUT2D eigenvalue weighted by Crippen LogP contribution is -2.34. The number of ether oxygens (including phenoxy) is 1. The number of likely N-dealkylation sites (N-methyl/N-ethyl adjacent to an activating group) is 1. The molecule has 3 heteroatoms. The minimum Gasteiger partial charge on any atom is -0.458 e. The van der Waals surface area contributed by atoms with E-state index in [4.69, 9.17) is 4.74 Å². The molecule has 0 amide bonds. The maximum Gasteiger partial charge on any atom is 0.330 e. The van der Waals surface area contributed by atoms with E-state index in [1.54, 1.807) is 0 Å². The van der Waals surface area contributed by atoms with Crippen molar-refractivity contribution in [3.8, 4) is 0 Å². The Kier molecular flexibility index (Phi) is 20.3. The summed E-state index contributed by atoms with van der Waals surface area (Å²) in [7, 11) is 0. The first-order chi connectivity index (χ1) is 13.7. The molecule has 0 aromatic carbocycles. The van der Waals surface area contributed by atoms with E-state index in [2.05, 4.69) is 32.3 Å². The molecule has 0 bridgehead atoms. The third-order valence-corrected chi connectivity index (χ3v) is 5.69. The molecule has 28 heavy (non-hydrogen) atoms. The van der Waals surface area contributed by atoms with E-state index in [0.29, 0.717) is 0 Å². The van der Waals surface area contributed by atoms with E-state index in [1.807, 2.05) is 0 Å². The van der Waals surface area contributed by atoms with Crippen LogP contribution in [0.15, 0.2) is 12.7 Å². The van der Waals surface area contributed by atoms with Crippen LogP contribution in [0.3, 0.4) is 0 Å². The predicted molar refractivity (Wildman–Crippen MR) is 123 cm³/mol. The highest BCUT2D eigenvalue weighted by atomic mass is 16.5. The topological polar surface area (TPSA) is 29.5 Å². The van der Waals surface area contributed by atoms with Gasteiger partial charge in [0.2, 0.25) is 0 Å². The van der Waals surface area contributed by atoms with Gasteiger partial charge in [0.05, 0.1) is 0 Å². The summed E-state index contributed by atoms with van der Waals surface area (Å²) in [5.41, 5.74) is 0. The lowest BCUT2D eigenvalue weighted by molar-refractivity contribution is -0.144. The second-order valence-electron chi connectivity index (χ2n) is 8.13. The fraction of sp³-hybridized carbons (Fsp3) is 0.880. The Bertz CT molecular complexity index is 352. The third kappa shape index (κ3) is 17.3. The Balaban J connectivity index is 3.62. The summed E-state index contributed by atoms with van der Waals surface area (Å²) in [5, 5.41) is 0. The number of hydrogen-bond acceptors (Lipinski definition) is 3. The van der Waals surface area contributed by atoms with Gasteiger partial charge in [-0.2, -0.15) is 0 Å². The van der Waals surface area contributed by atoms with Crippen LogP contribution < -0.4 is 0 Å². The van der Waals surface area contributed by atoms with E-state index < -0.39 is 0 Å². The monoisotopic (exact) mass is 395 g/mol. The van der Waals surface area contributed by atoms with Crippen molar-refractivity contribution >= 4 is 5.97 Å². The van der Waals surface area contributed by atoms with Crippen LogP contribution in [0.5, 0.6) is 0 Å². The second kappa shape index (κ2) is 20.9. The summed E-state index contributed by atoms with van der Waals surface area (Å²) in [5.74, 6) is -0.289.